The third kappa shape index (κ3) is 4.06. The first-order chi connectivity index (χ1) is 11.1. The third-order valence-electron chi connectivity index (χ3n) is 3.16. The van der Waals surface area contributed by atoms with Crippen LogP contribution in [0.4, 0.5) is 13.2 Å². The highest BCUT2D eigenvalue weighted by molar-refractivity contribution is 7.09. The summed E-state index contributed by atoms with van der Waals surface area (Å²) in [6.45, 7) is 3.10. The first kappa shape index (κ1) is 18.3. The Balaban J connectivity index is 2.11. The van der Waals surface area contributed by atoms with E-state index in [1.807, 2.05) is 0 Å². The van der Waals surface area contributed by atoms with Crippen LogP contribution in [0.25, 0.3) is 0 Å². The summed E-state index contributed by atoms with van der Waals surface area (Å²) in [5.74, 6) is -0.481. The van der Waals surface area contributed by atoms with Crippen molar-refractivity contribution in [3.63, 3.8) is 0 Å². The second-order valence-corrected chi connectivity index (χ2v) is 6.06. The molecule has 10 heteroatoms. The number of halogens is 3. The van der Waals surface area contributed by atoms with E-state index in [1.54, 1.807) is 6.92 Å². The van der Waals surface area contributed by atoms with E-state index < -0.39 is 29.1 Å². The van der Waals surface area contributed by atoms with Gasteiger partial charge in [0, 0.05) is 17.3 Å². The van der Waals surface area contributed by atoms with Gasteiger partial charge in [0.25, 0.3) is 0 Å². The van der Waals surface area contributed by atoms with Crippen molar-refractivity contribution in [1.82, 2.24) is 20.3 Å². The molecule has 130 valence electrons. The molecule has 24 heavy (non-hydrogen) atoms. The van der Waals surface area contributed by atoms with E-state index in [2.05, 4.69) is 20.3 Å². The highest BCUT2D eigenvalue weighted by Crippen LogP contribution is 2.42. The van der Waals surface area contributed by atoms with E-state index in [4.69, 9.17) is 0 Å². The minimum Gasteiger partial charge on any atom is -0.374 e. The van der Waals surface area contributed by atoms with Gasteiger partial charge in [-0.1, -0.05) is 0 Å². The van der Waals surface area contributed by atoms with Gasteiger partial charge in [0.1, 0.15) is 10.8 Å². The second kappa shape index (κ2) is 6.81. The Labute approximate surface area is 139 Å². The van der Waals surface area contributed by atoms with Crippen LogP contribution in [-0.4, -0.2) is 32.1 Å². The van der Waals surface area contributed by atoms with Gasteiger partial charge in [0.2, 0.25) is 11.5 Å². The van der Waals surface area contributed by atoms with E-state index in [1.165, 1.54) is 24.6 Å². The number of alkyl halides is 3. The third-order valence-corrected chi connectivity index (χ3v) is 4.27. The molecule has 1 amide bonds. The molecule has 0 bridgehead atoms. The van der Waals surface area contributed by atoms with Gasteiger partial charge in [-0.3, -0.25) is 4.79 Å². The summed E-state index contributed by atoms with van der Waals surface area (Å²) in [4.78, 5) is 23.5. The summed E-state index contributed by atoms with van der Waals surface area (Å²) in [6, 6.07) is 1.54. The number of nitrogens with one attached hydrogen (secondary N) is 1. The first-order valence-corrected chi connectivity index (χ1v) is 7.77. The maximum atomic E-state index is 13.3. The number of amides is 1. The van der Waals surface area contributed by atoms with Gasteiger partial charge < -0.3 is 10.4 Å². The predicted octanol–water partition coefficient (Wildman–Crippen LogP) is 2.01. The Morgan fingerprint density at radius 1 is 1.33 bits per heavy atom. The monoisotopic (exact) mass is 360 g/mol. The fraction of sp³-hybridized carbons (Fsp3) is 0.429. The number of hydrogen-bond donors (Lipinski definition) is 2. The van der Waals surface area contributed by atoms with Crippen molar-refractivity contribution in [3.8, 4) is 0 Å². The summed E-state index contributed by atoms with van der Waals surface area (Å²) in [5.41, 5.74) is -2.52. The molecule has 0 saturated heterocycles. The summed E-state index contributed by atoms with van der Waals surface area (Å²) in [6.07, 6.45) is -4.72. The quantitative estimate of drug-likeness (QED) is 0.852. The summed E-state index contributed by atoms with van der Waals surface area (Å²) < 4.78 is 39.9. The second-order valence-electron chi connectivity index (χ2n) is 5.20. The van der Waals surface area contributed by atoms with Crippen LogP contribution in [0.1, 0.15) is 28.6 Å². The molecule has 0 aromatic carbocycles. The minimum atomic E-state index is -5.03. The van der Waals surface area contributed by atoms with Crippen LogP contribution >= 0.6 is 11.3 Å². The van der Waals surface area contributed by atoms with Crippen molar-refractivity contribution in [3.05, 3.63) is 39.9 Å². The molecule has 0 aliphatic heterocycles. The van der Waals surface area contributed by atoms with Crippen LogP contribution in [0.5, 0.6) is 0 Å². The summed E-state index contributed by atoms with van der Waals surface area (Å²) in [5, 5.41) is 13.2. The van der Waals surface area contributed by atoms with Crippen molar-refractivity contribution >= 4 is 17.2 Å². The number of aliphatic hydroxyl groups is 1. The average molecular weight is 360 g/mol. The van der Waals surface area contributed by atoms with Crippen molar-refractivity contribution in [2.45, 2.75) is 38.6 Å². The molecule has 6 nitrogen and oxygen atoms in total. The van der Waals surface area contributed by atoms with Crippen molar-refractivity contribution in [2.75, 3.05) is 0 Å². The molecular formula is C14H15F3N4O2S. The number of aromatic nitrogens is 3. The maximum Gasteiger partial charge on any atom is 0.424 e. The standard InChI is InChI=1S/C14H15F3N4O2S/c1-8-7-24-12(20-8)13(23,14(15,16)17)5-11(22)19-6-10-3-4-18-9(2)21-10/h3-4,7,23H,5-6H2,1-2H3,(H,19,22). The lowest BCUT2D eigenvalue weighted by Gasteiger charge is -2.27. The predicted molar refractivity (Wildman–Crippen MR) is 80.0 cm³/mol. The molecule has 2 rings (SSSR count). The number of nitrogens with zero attached hydrogens (tertiary/aromatic N) is 3. The van der Waals surface area contributed by atoms with E-state index in [0.717, 1.165) is 0 Å². The Kier molecular flexibility index (Phi) is 5.19. The lowest BCUT2D eigenvalue weighted by atomic mass is 9.99. The van der Waals surface area contributed by atoms with Gasteiger partial charge >= 0.3 is 6.18 Å². The molecule has 2 aromatic heterocycles. The fourth-order valence-corrected chi connectivity index (χ4v) is 2.84. The largest absolute Gasteiger partial charge is 0.424 e. The van der Waals surface area contributed by atoms with Gasteiger partial charge in [-0.15, -0.1) is 11.3 Å². The molecule has 0 aliphatic rings. The molecule has 0 radical (unpaired) electrons. The zero-order valence-corrected chi connectivity index (χ0v) is 13.7. The summed E-state index contributed by atoms with van der Waals surface area (Å²) in [7, 11) is 0. The highest BCUT2D eigenvalue weighted by Gasteiger charge is 2.58. The minimum absolute atomic E-state index is 0.0625. The van der Waals surface area contributed by atoms with Crippen LogP contribution < -0.4 is 5.32 Å². The van der Waals surface area contributed by atoms with Crippen LogP contribution in [0.15, 0.2) is 17.6 Å². The highest BCUT2D eigenvalue weighted by atomic mass is 32.1. The molecule has 1 atom stereocenters. The van der Waals surface area contributed by atoms with Crippen LogP contribution in [-0.2, 0) is 16.9 Å². The smallest absolute Gasteiger partial charge is 0.374 e. The molecule has 0 fully saturated rings. The zero-order chi connectivity index (χ0) is 18.0. The molecule has 2 heterocycles. The molecule has 0 saturated carbocycles. The lowest BCUT2D eigenvalue weighted by Crippen LogP contribution is -2.46. The van der Waals surface area contributed by atoms with Gasteiger partial charge in [-0.05, 0) is 19.9 Å². The van der Waals surface area contributed by atoms with Gasteiger partial charge in [-0.25, -0.2) is 15.0 Å². The average Bonchev–Trinajstić information content (AvgIpc) is 2.91. The summed E-state index contributed by atoms with van der Waals surface area (Å²) >= 11 is 0.660. The van der Waals surface area contributed by atoms with E-state index in [-0.39, 0.29) is 6.54 Å². The van der Waals surface area contributed by atoms with Crippen LogP contribution in [0.2, 0.25) is 0 Å². The Morgan fingerprint density at radius 2 is 2.04 bits per heavy atom. The van der Waals surface area contributed by atoms with Gasteiger partial charge in [0.05, 0.1) is 18.7 Å². The molecular weight excluding hydrogens is 345 g/mol. The molecule has 2 N–H and O–H groups in total. The van der Waals surface area contributed by atoms with Crippen LogP contribution in [0, 0.1) is 13.8 Å². The fourth-order valence-electron chi connectivity index (χ4n) is 1.93. The molecule has 2 aromatic rings. The van der Waals surface area contributed by atoms with Crippen molar-refractivity contribution in [1.29, 1.82) is 0 Å². The zero-order valence-electron chi connectivity index (χ0n) is 12.9. The van der Waals surface area contributed by atoms with Gasteiger partial charge in [0.15, 0.2) is 0 Å². The number of thiazole rings is 1. The lowest BCUT2D eigenvalue weighted by molar-refractivity contribution is -0.267. The topological polar surface area (TPSA) is 88.0 Å². The number of carbonyl (C=O) groups is 1. The first-order valence-electron chi connectivity index (χ1n) is 6.89. The number of carbonyl (C=O) groups excluding carboxylic acids is 1. The Bertz CT molecular complexity index is 735. The van der Waals surface area contributed by atoms with Crippen molar-refractivity contribution in [2.24, 2.45) is 0 Å². The van der Waals surface area contributed by atoms with E-state index in [0.29, 0.717) is 28.5 Å². The number of rotatable bonds is 5. The SMILES string of the molecule is Cc1csc(C(O)(CC(=O)NCc2ccnc(C)n2)C(F)(F)F)n1. The molecule has 1 unspecified atom stereocenters. The van der Waals surface area contributed by atoms with Gasteiger partial charge in [-0.2, -0.15) is 13.2 Å². The number of hydrogen-bond acceptors (Lipinski definition) is 6. The van der Waals surface area contributed by atoms with Crippen LogP contribution in [0.3, 0.4) is 0 Å². The molecule has 0 spiro atoms. The Hall–Kier alpha value is -2.07. The number of aryl methyl sites for hydroxylation is 2. The van der Waals surface area contributed by atoms with Crippen molar-refractivity contribution < 1.29 is 23.1 Å². The van der Waals surface area contributed by atoms with E-state index >= 15 is 0 Å². The molecule has 0 aliphatic carbocycles. The normalized spacial score (nSPS) is 14.2. The maximum absolute atomic E-state index is 13.3. The van der Waals surface area contributed by atoms with E-state index in [9.17, 15) is 23.1 Å². The Morgan fingerprint density at radius 3 is 2.58 bits per heavy atom.